The number of thiazole rings is 1. The molecule has 1 aliphatic carbocycles. The van der Waals surface area contributed by atoms with Crippen LogP contribution in [0.4, 0.5) is 0 Å². The Morgan fingerprint density at radius 1 is 1.13 bits per heavy atom. The van der Waals surface area contributed by atoms with E-state index in [1.54, 1.807) is 0 Å². The summed E-state index contributed by atoms with van der Waals surface area (Å²) in [5, 5.41) is 1.38. The van der Waals surface area contributed by atoms with E-state index in [2.05, 4.69) is 70.4 Å². The quantitative estimate of drug-likeness (QED) is 0.598. The van der Waals surface area contributed by atoms with E-state index in [1.165, 1.54) is 50.3 Å². The number of nitrogens with zero attached hydrogens (tertiary/aromatic N) is 1. The number of rotatable bonds is 2. The average Bonchev–Trinajstić information content (AvgIpc) is 2.73. The van der Waals surface area contributed by atoms with Crippen LogP contribution in [0.5, 0.6) is 0 Å². The normalized spacial score (nSPS) is 19.4. The highest BCUT2D eigenvalue weighted by atomic mass is 32.1. The SMILES string of the molecule is CC[n+]1c(/C=C2/C=C(C)CC(C)(C)C2)sc2cc(C)c(C)cc21. The summed E-state index contributed by atoms with van der Waals surface area (Å²) in [7, 11) is 0. The Morgan fingerprint density at radius 2 is 1.83 bits per heavy atom. The predicted molar refractivity (Wildman–Crippen MR) is 102 cm³/mol. The van der Waals surface area contributed by atoms with Crippen LogP contribution in [0.2, 0.25) is 0 Å². The van der Waals surface area contributed by atoms with Crippen LogP contribution < -0.4 is 4.57 Å². The fourth-order valence-corrected chi connectivity index (χ4v) is 5.11. The van der Waals surface area contributed by atoms with E-state index in [4.69, 9.17) is 0 Å². The number of benzene rings is 1. The first kappa shape index (κ1) is 16.4. The van der Waals surface area contributed by atoms with Gasteiger partial charge in [-0.1, -0.05) is 36.8 Å². The van der Waals surface area contributed by atoms with Crippen molar-refractivity contribution in [2.24, 2.45) is 5.41 Å². The van der Waals surface area contributed by atoms with E-state index >= 15 is 0 Å². The number of allylic oxidation sites excluding steroid dienone is 3. The van der Waals surface area contributed by atoms with Crippen LogP contribution in [0.25, 0.3) is 16.3 Å². The Bertz CT molecular complexity index is 818. The molecule has 2 aromatic rings. The monoisotopic (exact) mass is 326 g/mol. The molecule has 0 N–H and O–H groups in total. The second kappa shape index (κ2) is 5.90. The van der Waals surface area contributed by atoms with Gasteiger partial charge >= 0.3 is 0 Å². The highest BCUT2D eigenvalue weighted by Crippen LogP contribution is 2.38. The average molecular weight is 327 g/mol. The molecule has 2 heteroatoms. The number of hydrogen-bond donors (Lipinski definition) is 0. The van der Waals surface area contributed by atoms with Crippen molar-refractivity contribution >= 4 is 27.6 Å². The van der Waals surface area contributed by atoms with Gasteiger partial charge in [-0.3, -0.25) is 0 Å². The van der Waals surface area contributed by atoms with Gasteiger partial charge in [0.25, 0.3) is 5.01 Å². The number of aromatic nitrogens is 1. The molecule has 0 atom stereocenters. The van der Waals surface area contributed by atoms with Gasteiger partial charge < -0.3 is 0 Å². The fourth-order valence-electron chi connectivity index (χ4n) is 3.83. The first-order valence-electron chi connectivity index (χ1n) is 8.60. The lowest BCUT2D eigenvalue weighted by molar-refractivity contribution is -0.665. The van der Waals surface area contributed by atoms with Crippen molar-refractivity contribution in [3.8, 4) is 0 Å². The van der Waals surface area contributed by atoms with Crippen molar-refractivity contribution in [1.82, 2.24) is 0 Å². The molecule has 0 aliphatic heterocycles. The summed E-state index contributed by atoms with van der Waals surface area (Å²) in [6.07, 6.45) is 7.19. The Labute approximate surface area is 144 Å². The third kappa shape index (κ3) is 3.28. The van der Waals surface area contributed by atoms with Crippen molar-refractivity contribution in [3.63, 3.8) is 0 Å². The molecule has 1 nitrogen and oxygen atoms in total. The maximum Gasteiger partial charge on any atom is 0.263 e. The van der Waals surface area contributed by atoms with Crippen LogP contribution in [-0.4, -0.2) is 0 Å². The van der Waals surface area contributed by atoms with Gasteiger partial charge in [-0.2, -0.15) is 4.57 Å². The van der Waals surface area contributed by atoms with Crippen LogP contribution in [0.15, 0.2) is 29.4 Å². The molecule has 23 heavy (non-hydrogen) atoms. The second-order valence-electron chi connectivity index (χ2n) is 7.82. The lowest BCUT2D eigenvalue weighted by atomic mass is 9.75. The maximum absolute atomic E-state index is 2.46. The highest BCUT2D eigenvalue weighted by Gasteiger charge is 2.25. The van der Waals surface area contributed by atoms with Gasteiger partial charge in [-0.25, -0.2) is 0 Å². The van der Waals surface area contributed by atoms with Crippen LogP contribution >= 0.6 is 11.3 Å². The molecular weight excluding hydrogens is 298 g/mol. The third-order valence-electron chi connectivity index (χ3n) is 4.84. The van der Waals surface area contributed by atoms with E-state index in [9.17, 15) is 0 Å². The number of fused-ring (bicyclic) bond motifs is 1. The number of hydrogen-bond acceptors (Lipinski definition) is 1. The summed E-state index contributed by atoms with van der Waals surface area (Å²) in [6.45, 7) is 14.7. The summed E-state index contributed by atoms with van der Waals surface area (Å²) in [6, 6.07) is 4.69. The van der Waals surface area contributed by atoms with E-state index in [0.29, 0.717) is 5.41 Å². The Hall–Kier alpha value is -1.41. The smallest absolute Gasteiger partial charge is 0.182 e. The first-order chi connectivity index (χ1) is 10.8. The largest absolute Gasteiger partial charge is 0.263 e. The zero-order chi connectivity index (χ0) is 16.8. The minimum absolute atomic E-state index is 0.381. The van der Waals surface area contributed by atoms with Gasteiger partial charge in [0.1, 0.15) is 11.2 Å². The minimum atomic E-state index is 0.381. The lowest BCUT2D eigenvalue weighted by Crippen LogP contribution is -2.33. The van der Waals surface area contributed by atoms with Gasteiger partial charge in [-0.05, 0) is 68.7 Å². The molecule has 0 amide bonds. The molecule has 0 radical (unpaired) electrons. The topological polar surface area (TPSA) is 3.88 Å². The Balaban J connectivity index is 2.13. The van der Waals surface area contributed by atoms with Gasteiger partial charge in [0.2, 0.25) is 5.52 Å². The number of aryl methyl sites for hydroxylation is 3. The molecule has 0 saturated heterocycles. The van der Waals surface area contributed by atoms with Crippen LogP contribution in [0.1, 0.15) is 56.7 Å². The summed E-state index contributed by atoms with van der Waals surface area (Å²) in [5.41, 5.74) is 7.50. The molecule has 0 bridgehead atoms. The summed E-state index contributed by atoms with van der Waals surface area (Å²) >= 11 is 1.92. The zero-order valence-corrected chi connectivity index (χ0v) is 16.1. The van der Waals surface area contributed by atoms with Crippen molar-refractivity contribution in [2.75, 3.05) is 0 Å². The molecule has 0 saturated carbocycles. The van der Waals surface area contributed by atoms with Gasteiger partial charge in [0.05, 0.1) is 0 Å². The minimum Gasteiger partial charge on any atom is -0.182 e. The van der Waals surface area contributed by atoms with Gasteiger partial charge in [0, 0.05) is 12.1 Å². The van der Waals surface area contributed by atoms with E-state index < -0.39 is 0 Å². The summed E-state index contributed by atoms with van der Waals surface area (Å²) in [4.78, 5) is 0. The Morgan fingerprint density at radius 3 is 2.48 bits per heavy atom. The molecule has 122 valence electrons. The first-order valence-corrected chi connectivity index (χ1v) is 9.42. The van der Waals surface area contributed by atoms with Crippen molar-refractivity contribution in [2.45, 2.75) is 60.9 Å². The molecule has 1 aliphatic rings. The molecule has 3 rings (SSSR count). The molecule has 0 spiro atoms. The fraction of sp³-hybridized carbons (Fsp3) is 0.476. The van der Waals surface area contributed by atoms with Crippen LogP contribution in [0.3, 0.4) is 0 Å². The molecule has 0 unspecified atom stereocenters. The molecule has 1 heterocycles. The Kier molecular flexibility index (Phi) is 4.22. The van der Waals surface area contributed by atoms with E-state index in [-0.39, 0.29) is 0 Å². The highest BCUT2D eigenvalue weighted by molar-refractivity contribution is 7.18. The summed E-state index contributed by atoms with van der Waals surface area (Å²) < 4.78 is 3.86. The predicted octanol–water partition coefficient (Wildman–Crippen LogP) is 5.98. The molecule has 1 aromatic heterocycles. The van der Waals surface area contributed by atoms with Crippen molar-refractivity contribution in [1.29, 1.82) is 0 Å². The van der Waals surface area contributed by atoms with Crippen LogP contribution in [-0.2, 0) is 6.54 Å². The van der Waals surface area contributed by atoms with Gasteiger partial charge in [0.15, 0.2) is 0 Å². The molecule has 0 fully saturated rings. The van der Waals surface area contributed by atoms with E-state index in [1.807, 2.05) is 11.3 Å². The zero-order valence-electron chi connectivity index (χ0n) is 15.3. The van der Waals surface area contributed by atoms with Crippen molar-refractivity contribution in [3.05, 3.63) is 45.5 Å². The lowest BCUT2D eigenvalue weighted by Gasteiger charge is -2.29. The van der Waals surface area contributed by atoms with E-state index in [0.717, 1.165) is 6.54 Å². The third-order valence-corrected chi connectivity index (χ3v) is 5.94. The van der Waals surface area contributed by atoms with Crippen molar-refractivity contribution < 1.29 is 4.57 Å². The second-order valence-corrected chi connectivity index (χ2v) is 8.88. The maximum atomic E-state index is 2.46. The van der Waals surface area contributed by atoms with Crippen LogP contribution in [0, 0.1) is 19.3 Å². The molecule has 1 aromatic carbocycles. The standard InChI is InChI=1S/C21H28NS/c1-7-22-18-9-15(3)16(4)10-19(18)23-20(22)11-17-8-14(2)12-21(5,6)13-17/h8-11H,7,12-13H2,1-6H3/q+1/b17-11-. The summed E-state index contributed by atoms with van der Waals surface area (Å²) in [5.74, 6) is 0. The molecular formula is C21H28NS+. The van der Waals surface area contributed by atoms with Gasteiger partial charge in [-0.15, -0.1) is 0 Å².